The molecular weight excluding hydrogens is 356 g/mol. The van der Waals surface area contributed by atoms with E-state index in [1.807, 2.05) is 62.4 Å². The Morgan fingerprint density at radius 3 is 2.68 bits per heavy atom. The third kappa shape index (κ3) is 3.19. The van der Waals surface area contributed by atoms with Crippen molar-refractivity contribution in [2.45, 2.75) is 38.0 Å². The van der Waals surface area contributed by atoms with E-state index >= 15 is 0 Å². The van der Waals surface area contributed by atoms with Crippen molar-refractivity contribution >= 4 is 11.8 Å². The highest BCUT2D eigenvalue weighted by Crippen LogP contribution is 2.46. The van der Waals surface area contributed by atoms with E-state index in [1.165, 1.54) is 0 Å². The number of hydrogen-bond acceptors (Lipinski definition) is 4. The molecule has 1 saturated heterocycles. The number of carbonyl (C=O) groups is 2. The summed E-state index contributed by atoms with van der Waals surface area (Å²) < 4.78 is 11.2. The smallest absolute Gasteiger partial charge is 0.236 e. The van der Waals surface area contributed by atoms with Crippen LogP contribution in [-0.4, -0.2) is 24.6 Å². The molecule has 0 radical (unpaired) electrons. The van der Waals surface area contributed by atoms with Gasteiger partial charge in [-0.1, -0.05) is 30.3 Å². The van der Waals surface area contributed by atoms with E-state index in [0.717, 1.165) is 22.6 Å². The van der Waals surface area contributed by atoms with Crippen molar-refractivity contribution in [3.63, 3.8) is 0 Å². The molecule has 0 aliphatic carbocycles. The lowest BCUT2D eigenvalue weighted by Crippen LogP contribution is -2.63. The predicted octanol–water partition coefficient (Wildman–Crippen LogP) is 2.90. The Labute approximate surface area is 164 Å². The lowest BCUT2D eigenvalue weighted by molar-refractivity contribution is -0.147. The SMILES string of the molecule is COc1ccc(C(C)NC(=O)C2C(=O)NC3(C)CC2c2ccccc2O3)cc1. The molecule has 2 aromatic rings. The van der Waals surface area contributed by atoms with Gasteiger partial charge < -0.3 is 20.1 Å². The Morgan fingerprint density at radius 1 is 1.25 bits per heavy atom. The van der Waals surface area contributed by atoms with Gasteiger partial charge in [0, 0.05) is 12.3 Å². The normalized spacial score (nSPS) is 26.3. The minimum Gasteiger partial charge on any atom is -0.497 e. The molecule has 28 heavy (non-hydrogen) atoms. The minimum absolute atomic E-state index is 0.216. The standard InChI is InChI=1S/C22H24N2O4/c1-13(14-8-10-15(27-3)11-9-14)23-20(25)19-17-12-22(2,24-21(19)26)28-18-7-5-4-6-16(17)18/h4-11,13,17,19H,12H2,1-3H3,(H,23,25)(H,24,26). The topological polar surface area (TPSA) is 76.7 Å². The van der Waals surface area contributed by atoms with Crippen molar-refractivity contribution in [3.8, 4) is 11.5 Å². The predicted molar refractivity (Wildman–Crippen MR) is 104 cm³/mol. The highest BCUT2D eigenvalue weighted by Gasteiger charge is 2.51. The summed E-state index contributed by atoms with van der Waals surface area (Å²) in [6.07, 6.45) is 0.560. The van der Waals surface area contributed by atoms with Gasteiger partial charge in [0.2, 0.25) is 11.8 Å². The first kappa shape index (κ1) is 18.3. The number of nitrogens with one attached hydrogen (secondary N) is 2. The number of methoxy groups -OCH3 is 1. The second-order valence-corrected chi connectivity index (χ2v) is 7.65. The molecule has 4 atom stereocenters. The number of ether oxygens (including phenoxy) is 2. The van der Waals surface area contributed by atoms with Crippen LogP contribution in [0.2, 0.25) is 0 Å². The van der Waals surface area contributed by atoms with E-state index in [9.17, 15) is 9.59 Å². The summed E-state index contributed by atoms with van der Waals surface area (Å²) >= 11 is 0. The number of fused-ring (bicyclic) bond motifs is 4. The van der Waals surface area contributed by atoms with Crippen LogP contribution in [0.25, 0.3) is 0 Å². The Balaban J connectivity index is 1.57. The van der Waals surface area contributed by atoms with Crippen LogP contribution < -0.4 is 20.1 Å². The van der Waals surface area contributed by atoms with Gasteiger partial charge in [0.15, 0.2) is 5.72 Å². The average Bonchev–Trinajstić information content (AvgIpc) is 2.67. The first-order valence-corrected chi connectivity index (χ1v) is 9.44. The van der Waals surface area contributed by atoms with Crippen molar-refractivity contribution < 1.29 is 19.1 Å². The molecule has 0 spiro atoms. The van der Waals surface area contributed by atoms with Gasteiger partial charge in [-0.05, 0) is 43.2 Å². The van der Waals surface area contributed by atoms with Crippen LogP contribution >= 0.6 is 0 Å². The van der Waals surface area contributed by atoms with Gasteiger partial charge in [-0.15, -0.1) is 0 Å². The van der Waals surface area contributed by atoms with Crippen LogP contribution in [0.4, 0.5) is 0 Å². The number of carbonyl (C=O) groups excluding carboxylic acids is 2. The summed E-state index contributed by atoms with van der Waals surface area (Å²) in [6.45, 7) is 3.75. The summed E-state index contributed by atoms with van der Waals surface area (Å²) in [7, 11) is 1.61. The number of hydrogen-bond donors (Lipinski definition) is 2. The molecule has 2 aromatic carbocycles. The van der Waals surface area contributed by atoms with Crippen molar-refractivity contribution in [2.24, 2.45) is 5.92 Å². The number of piperidine rings is 1. The molecule has 0 saturated carbocycles. The first-order valence-electron chi connectivity index (χ1n) is 9.44. The Morgan fingerprint density at radius 2 is 1.96 bits per heavy atom. The van der Waals surface area contributed by atoms with Crippen LogP contribution in [0.5, 0.6) is 11.5 Å². The van der Waals surface area contributed by atoms with Crippen LogP contribution in [-0.2, 0) is 9.59 Å². The van der Waals surface area contributed by atoms with E-state index in [4.69, 9.17) is 9.47 Å². The quantitative estimate of drug-likeness (QED) is 0.800. The molecule has 4 rings (SSSR count). The lowest BCUT2D eigenvalue weighted by atomic mass is 9.74. The molecule has 4 unspecified atom stereocenters. The monoisotopic (exact) mass is 380 g/mol. The maximum absolute atomic E-state index is 13.1. The summed E-state index contributed by atoms with van der Waals surface area (Å²) in [5, 5.41) is 5.88. The Bertz CT molecular complexity index is 911. The molecule has 2 amide bonds. The molecule has 0 aromatic heterocycles. The summed E-state index contributed by atoms with van der Waals surface area (Å²) in [5.41, 5.74) is 1.07. The van der Waals surface area contributed by atoms with Crippen LogP contribution in [0, 0.1) is 5.92 Å². The summed E-state index contributed by atoms with van der Waals surface area (Å²) in [4.78, 5) is 25.9. The van der Waals surface area contributed by atoms with E-state index in [1.54, 1.807) is 7.11 Å². The molecule has 1 fully saturated rings. The second kappa shape index (κ2) is 6.86. The van der Waals surface area contributed by atoms with Crippen LogP contribution in [0.15, 0.2) is 48.5 Å². The zero-order valence-electron chi connectivity index (χ0n) is 16.2. The molecule has 6 heteroatoms. The van der Waals surface area contributed by atoms with Gasteiger partial charge in [0.05, 0.1) is 13.2 Å². The maximum atomic E-state index is 13.1. The van der Waals surface area contributed by atoms with Gasteiger partial charge in [0.1, 0.15) is 17.4 Å². The molecule has 2 aliphatic heterocycles. The van der Waals surface area contributed by atoms with Crippen LogP contribution in [0.1, 0.15) is 43.4 Å². The molecule has 146 valence electrons. The maximum Gasteiger partial charge on any atom is 0.236 e. The minimum atomic E-state index is -0.793. The Kier molecular flexibility index (Phi) is 4.49. The third-order valence-corrected chi connectivity index (χ3v) is 5.59. The molecule has 2 aliphatic rings. The second-order valence-electron chi connectivity index (χ2n) is 7.65. The van der Waals surface area contributed by atoms with Gasteiger partial charge in [-0.3, -0.25) is 9.59 Å². The zero-order valence-corrected chi connectivity index (χ0v) is 16.2. The molecular formula is C22H24N2O4. The fourth-order valence-electron chi connectivity index (χ4n) is 4.17. The summed E-state index contributed by atoms with van der Waals surface area (Å²) in [6, 6.07) is 14.9. The van der Waals surface area contributed by atoms with Gasteiger partial charge in [-0.25, -0.2) is 0 Å². The zero-order chi connectivity index (χ0) is 19.9. The molecule has 2 N–H and O–H groups in total. The number of rotatable bonds is 4. The number of benzene rings is 2. The Hall–Kier alpha value is -3.02. The first-order chi connectivity index (χ1) is 13.4. The van der Waals surface area contributed by atoms with E-state index in [-0.39, 0.29) is 23.8 Å². The third-order valence-electron chi connectivity index (χ3n) is 5.59. The van der Waals surface area contributed by atoms with E-state index in [2.05, 4.69) is 10.6 Å². The highest BCUT2D eigenvalue weighted by atomic mass is 16.5. The lowest BCUT2D eigenvalue weighted by Gasteiger charge is -2.46. The van der Waals surface area contributed by atoms with Crippen molar-refractivity contribution in [1.29, 1.82) is 0 Å². The van der Waals surface area contributed by atoms with Crippen LogP contribution in [0.3, 0.4) is 0 Å². The molecule has 2 bridgehead atoms. The summed E-state index contributed by atoms with van der Waals surface area (Å²) in [5.74, 6) is -0.0999. The van der Waals surface area contributed by atoms with E-state index in [0.29, 0.717) is 6.42 Å². The number of amides is 2. The fraction of sp³-hybridized carbons (Fsp3) is 0.364. The van der Waals surface area contributed by atoms with Crippen molar-refractivity contribution in [2.75, 3.05) is 7.11 Å². The average molecular weight is 380 g/mol. The van der Waals surface area contributed by atoms with Gasteiger partial charge >= 0.3 is 0 Å². The van der Waals surface area contributed by atoms with Crippen molar-refractivity contribution in [1.82, 2.24) is 10.6 Å². The van der Waals surface area contributed by atoms with Gasteiger partial charge in [-0.2, -0.15) is 0 Å². The van der Waals surface area contributed by atoms with E-state index < -0.39 is 11.6 Å². The van der Waals surface area contributed by atoms with Crippen molar-refractivity contribution in [3.05, 3.63) is 59.7 Å². The fourth-order valence-corrected chi connectivity index (χ4v) is 4.17. The van der Waals surface area contributed by atoms with Gasteiger partial charge in [0.25, 0.3) is 0 Å². The molecule has 6 nitrogen and oxygen atoms in total. The largest absolute Gasteiger partial charge is 0.497 e. The highest BCUT2D eigenvalue weighted by molar-refractivity contribution is 6.02. The molecule has 2 heterocycles. The number of para-hydroxylation sites is 1.